The minimum absolute atomic E-state index is 0.512. The van der Waals surface area contributed by atoms with E-state index in [-0.39, 0.29) is 0 Å². The van der Waals surface area contributed by atoms with E-state index in [0.29, 0.717) is 5.82 Å². The van der Waals surface area contributed by atoms with Crippen molar-refractivity contribution in [3.05, 3.63) is 30.9 Å². The van der Waals surface area contributed by atoms with Gasteiger partial charge in [0.2, 0.25) is 5.82 Å². The molecule has 0 spiro atoms. The number of aromatic nitrogens is 3. The standard InChI is InChI=1S/C7H4N3O/c1-2-6(4-8-3-1)7-9-5-11-10-7/h1-4H. The van der Waals surface area contributed by atoms with Crippen molar-refractivity contribution in [2.45, 2.75) is 0 Å². The predicted molar refractivity (Wildman–Crippen MR) is 36.4 cm³/mol. The quantitative estimate of drug-likeness (QED) is 0.600. The van der Waals surface area contributed by atoms with Crippen molar-refractivity contribution >= 4 is 0 Å². The first-order valence-corrected chi connectivity index (χ1v) is 3.07. The summed E-state index contributed by atoms with van der Waals surface area (Å²) < 4.78 is 4.46. The Morgan fingerprint density at radius 3 is 3.09 bits per heavy atom. The highest BCUT2D eigenvalue weighted by atomic mass is 16.5. The predicted octanol–water partition coefficient (Wildman–Crippen LogP) is 0.932. The Hall–Kier alpha value is -1.71. The molecular formula is C7H4N3O. The van der Waals surface area contributed by atoms with Crippen LogP contribution in [0, 0.1) is 6.39 Å². The normalized spacial score (nSPS) is 9.82. The van der Waals surface area contributed by atoms with E-state index in [9.17, 15) is 0 Å². The third-order valence-electron chi connectivity index (χ3n) is 1.24. The first-order valence-electron chi connectivity index (χ1n) is 3.07. The zero-order valence-corrected chi connectivity index (χ0v) is 5.56. The lowest BCUT2D eigenvalue weighted by molar-refractivity contribution is 0.411. The van der Waals surface area contributed by atoms with E-state index in [4.69, 9.17) is 0 Å². The highest BCUT2D eigenvalue weighted by molar-refractivity contribution is 5.51. The van der Waals surface area contributed by atoms with Gasteiger partial charge in [-0.1, -0.05) is 5.16 Å². The molecule has 1 radical (unpaired) electrons. The smallest absolute Gasteiger partial charge is 0.316 e. The molecule has 0 fully saturated rings. The molecular weight excluding hydrogens is 142 g/mol. The first-order chi connectivity index (χ1) is 5.47. The topological polar surface area (TPSA) is 51.8 Å². The van der Waals surface area contributed by atoms with Gasteiger partial charge in [0, 0.05) is 18.0 Å². The number of pyridine rings is 1. The minimum atomic E-state index is 0.512. The van der Waals surface area contributed by atoms with Gasteiger partial charge in [-0.25, -0.2) is 0 Å². The summed E-state index contributed by atoms with van der Waals surface area (Å²) in [4.78, 5) is 7.65. The fourth-order valence-corrected chi connectivity index (χ4v) is 0.760. The van der Waals surface area contributed by atoms with Crippen molar-refractivity contribution in [1.82, 2.24) is 15.1 Å². The van der Waals surface area contributed by atoms with Crippen molar-refractivity contribution in [1.29, 1.82) is 0 Å². The molecule has 11 heavy (non-hydrogen) atoms. The Kier molecular flexibility index (Phi) is 1.37. The third-order valence-corrected chi connectivity index (χ3v) is 1.24. The van der Waals surface area contributed by atoms with Crippen LogP contribution in [0.25, 0.3) is 11.4 Å². The molecule has 0 saturated heterocycles. The van der Waals surface area contributed by atoms with Gasteiger partial charge < -0.3 is 4.52 Å². The van der Waals surface area contributed by atoms with Gasteiger partial charge in [0.05, 0.1) is 0 Å². The zero-order valence-electron chi connectivity index (χ0n) is 5.56. The van der Waals surface area contributed by atoms with Gasteiger partial charge in [-0.15, -0.1) is 0 Å². The molecule has 53 valence electrons. The van der Waals surface area contributed by atoms with Crippen LogP contribution in [0.15, 0.2) is 29.0 Å². The SMILES string of the molecule is [c]1nc(-c2cccnc2)no1. The van der Waals surface area contributed by atoms with Gasteiger partial charge in [0.15, 0.2) is 0 Å². The van der Waals surface area contributed by atoms with Gasteiger partial charge in [0.1, 0.15) is 0 Å². The Morgan fingerprint density at radius 2 is 2.45 bits per heavy atom. The van der Waals surface area contributed by atoms with Gasteiger partial charge in [0.25, 0.3) is 0 Å². The van der Waals surface area contributed by atoms with Crippen molar-refractivity contribution in [3.63, 3.8) is 0 Å². The molecule has 0 aromatic carbocycles. The number of hydrogen-bond donors (Lipinski definition) is 0. The van der Waals surface area contributed by atoms with E-state index in [1.807, 2.05) is 12.1 Å². The fraction of sp³-hybridized carbons (Fsp3) is 0. The Bertz CT molecular complexity index is 317. The Morgan fingerprint density at radius 1 is 1.45 bits per heavy atom. The summed E-state index contributed by atoms with van der Waals surface area (Å²) in [5.74, 6) is 0.512. The summed E-state index contributed by atoms with van der Waals surface area (Å²) in [7, 11) is 0. The molecule has 4 nitrogen and oxygen atoms in total. The lowest BCUT2D eigenvalue weighted by Gasteiger charge is -1.88. The lowest BCUT2D eigenvalue weighted by atomic mass is 10.3. The highest BCUT2D eigenvalue weighted by Gasteiger charge is 2.00. The molecule has 0 amide bonds. The lowest BCUT2D eigenvalue weighted by Crippen LogP contribution is -1.79. The largest absolute Gasteiger partial charge is 0.328 e. The van der Waals surface area contributed by atoms with Crippen LogP contribution < -0.4 is 0 Å². The van der Waals surface area contributed by atoms with Gasteiger partial charge >= 0.3 is 6.39 Å². The van der Waals surface area contributed by atoms with Crippen molar-refractivity contribution in [2.75, 3.05) is 0 Å². The van der Waals surface area contributed by atoms with Crippen LogP contribution in [0.3, 0.4) is 0 Å². The minimum Gasteiger partial charge on any atom is -0.328 e. The van der Waals surface area contributed by atoms with Gasteiger partial charge in [-0.3, -0.25) is 4.98 Å². The maximum Gasteiger partial charge on any atom is 0.316 e. The molecule has 2 aromatic heterocycles. The summed E-state index contributed by atoms with van der Waals surface area (Å²) in [6.45, 7) is 0. The van der Waals surface area contributed by atoms with E-state index in [2.05, 4.69) is 26.0 Å². The summed E-state index contributed by atoms with van der Waals surface area (Å²) in [6, 6.07) is 3.66. The molecule has 0 atom stereocenters. The summed E-state index contributed by atoms with van der Waals surface area (Å²) >= 11 is 0. The molecule has 0 unspecified atom stereocenters. The van der Waals surface area contributed by atoms with Crippen LogP contribution in [0.1, 0.15) is 0 Å². The monoisotopic (exact) mass is 146 g/mol. The average molecular weight is 146 g/mol. The molecule has 0 aliphatic heterocycles. The third kappa shape index (κ3) is 1.10. The van der Waals surface area contributed by atoms with Crippen molar-refractivity contribution in [2.24, 2.45) is 0 Å². The van der Waals surface area contributed by atoms with E-state index in [1.54, 1.807) is 12.4 Å². The van der Waals surface area contributed by atoms with Crippen LogP contribution in [0.5, 0.6) is 0 Å². The highest BCUT2D eigenvalue weighted by Crippen LogP contribution is 2.10. The average Bonchev–Trinajstić information content (AvgIpc) is 2.58. The van der Waals surface area contributed by atoms with Crippen LogP contribution in [0.2, 0.25) is 0 Å². The number of nitrogens with zero attached hydrogens (tertiary/aromatic N) is 3. The molecule has 0 bridgehead atoms. The van der Waals surface area contributed by atoms with E-state index in [1.165, 1.54) is 0 Å². The zero-order chi connectivity index (χ0) is 7.52. The van der Waals surface area contributed by atoms with Crippen LogP contribution >= 0.6 is 0 Å². The van der Waals surface area contributed by atoms with Crippen LogP contribution in [0.4, 0.5) is 0 Å². The van der Waals surface area contributed by atoms with Gasteiger partial charge in [-0.2, -0.15) is 4.98 Å². The molecule has 0 aliphatic carbocycles. The number of rotatable bonds is 1. The van der Waals surface area contributed by atoms with Crippen molar-refractivity contribution < 1.29 is 4.52 Å². The molecule has 2 heterocycles. The van der Waals surface area contributed by atoms with Crippen LogP contribution in [-0.2, 0) is 0 Å². The van der Waals surface area contributed by atoms with E-state index < -0.39 is 0 Å². The molecule has 0 N–H and O–H groups in total. The van der Waals surface area contributed by atoms with Crippen LogP contribution in [-0.4, -0.2) is 15.1 Å². The summed E-state index contributed by atoms with van der Waals surface area (Å²) in [6.07, 6.45) is 5.62. The second-order valence-corrected chi connectivity index (χ2v) is 1.95. The summed E-state index contributed by atoms with van der Waals surface area (Å²) in [5.41, 5.74) is 0.831. The van der Waals surface area contributed by atoms with Crippen molar-refractivity contribution in [3.8, 4) is 11.4 Å². The van der Waals surface area contributed by atoms with E-state index >= 15 is 0 Å². The number of hydrogen-bond acceptors (Lipinski definition) is 4. The maximum atomic E-state index is 4.46. The van der Waals surface area contributed by atoms with E-state index in [0.717, 1.165) is 5.56 Å². The maximum absolute atomic E-state index is 4.46. The Balaban J connectivity index is 2.46. The second kappa shape index (κ2) is 2.49. The Labute approximate surface area is 62.9 Å². The first kappa shape index (κ1) is 6.03. The second-order valence-electron chi connectivity index (χ2n) is 1.95. The fourth-order valence-electron chi connectivity index (χ4n) is 0.760. The van der Waals surface area contributed by atoms with Gasteiger partial charge in [-0.05, 0) is 12.1 Å². The molecule has 0 saturated carbocycles. The summed E-state index contributed by atoms with van der Waals surface area (Å²) in [5, 5.41) is 3.60. The molecule has 0 aliphatic rings. The molecule has 4 heteroatoms. The molecule has 2 rings (SSSR count). The molecule has 2 aromatic rings.